The van der Waals surface area contributed by atoms with Crippen LogP contribution in [0, 0.1) is 11.6 Å². The third kappa shape index (κ3) is 1.73. The van der Waals surface area contributed by atoms with Gasteiger partial charge < -0.3 is 10.2 Å². The number of nitrogens with zero attached hydrogens (tertiary/aromatic N) is 1. The zero-order valence-corrected chi connectivity index (χ0v) is 9.05. The zero-order chi connectivity index (χ0) is 11.9. The van der Waals surface area contributed by atoms with Crippen LogP contribution in [0.3, 0.4) is 0 Å². The summed E-state index contributed by atoms with van der Waals surface area (Å²) < 4.78 is 26.6. The molecule has 1 atom stereocenters. The maximum atomic E-state index is 13.5. The molecule has 1 N–H and O–H groups in total. The second-order valence-electron chi connectivity index (χ2n) is 3.98. The van der Waals surface area contributed by atoms with Crippen molar-refractivity contribution in [1.29, 1.82) is 0 Å². The Morgan fingerprint density at radius 1 is 1.44 bits per heavy atom. The van der Waals surface area contributed by atoms with Gasteiger partial charge in [-0.2, -0.15) is 0 Å². The minimum atomic E-state index is -0.688. The highest BCUT2D eigenvalue weighted by Gasteiger charge is 2.25. The quantitative estimate of drug-likeness (QED) is 0.735. The van der Waals surface area contributed by atoms with Crippen molar-refractivity contribution in [2.75, 3.05) is 17.3 Å². The molecule has 0 aliphatic carbocycles. The second-order valence-corrected chi connectivity index (χ2v) is 3.98. The Kier molecular flexibility index (Phi) is 2.53. The molecule has 1 amide bonds. The highest BCUT2D eigenvalue weighted by molar-refractivity contribution is 5.98. The van der Waals surface area contributed by atoms with Gasteiger partial charge in [-0.25, -0.2) is 8.78 Å². The molecule has 3 nitrogen and oxygen atoms in total. The fraction of sp³-hybridized carbons (Fsp3) is 0.364. The van der Waals surface area contributed by atoms with Gasteiger partial charge in [-0.3, -0.25) is 4.79 Å². The maximum absolute atomic E-state index is 13.5. The Morgan fingerprint density at radius 2 is 2.12 bits per heavy atom. The summed E-state index contributed by atoms with van der Waals surface area (Å²) in [5, 5.41) is 2.87. The Balaban J connectivity index is 2.59. The summed E-state index contributed by atoms with van der Waals surface area (Å²) in [5.41, 5.74) is 0.425. The van der Waals surface area contributed by atoms with Crippen LogP contribution in [0.4, 0.5) is 20.2 Å². The average Bonchev–Trinajstić information content (AvgIpc) is 2.29. The largest absolute Gasteiger partial charge is 0.378 e. The molecule has 86 valence electrons. The van der Waals surface area contributed by atoms with Gasteiger partial charge in [0.15, 0.2) is 5.82 Å². The Bertz CT molecular complexity index is 448. The molecular formula is C11H12F2N2O. The number of rotatable bonds is 0. The van der Waals surface area contributed by atoms with E-state index >= 15 is 0 Å². The van der Waals surface area contributed by atoms with E-state index in [2.05, 4.69) is 5.32 Å². The number of halogens is 2. The van der Waals surface area contributed by atoms with Gasteiger partial charge in [-0.15, -0.1) is 0 Å². The number of benzene rings is 1. The van der Waals surface area contributed by atoms with Crippen molar-refractivity contribution in [2.24, 2.45) is 0 Å². The van der Waals surface area contributed by atoms with Gasteiger partial charge in [0.05, 0.1) is 11.4 Å². The van der Waals surface area contributed by atoms with Crippen LogP contribution in [0.1, 0.15) is 13.3 Å². The number of carbonyl (C=O) groups is 1. The first-order valence-corrected chi connectivity index (χ1v) is 5.01. The molecule has 16 heavy (non-hydrogen) atoms. The molecule has 1 aromatic rings. The van der Waals surface area contributed by atoms with E-state index in [9.17, 15) is 13.6 Å². The number of carbonyl (C=O) groups excluding carboxylic acids is 1. The van der Waals surface area contributed by atoms with Crippen LogP contribution in [0.2, 0.25) is 0 Å². The lowest BCUT2D eigenvalue weighted by Crippen LogP contribution is -2.27. The lowest BCUT2D eigenvalue weighted by molar-refractivity contribution is -0.118. The van der Waals surface area contributed by atoms with Crippen LogP contribution in [-0.4, -0.2) is 19.0 Å². The molecule has 0 radical (unpaired) electrons. The minimum Gasteiger partial charge on any atom is -0.378 e. The summed E-state index contributed by atoms with van der Waals surface area (Å²) in [6.07, 6.45) is 0.256. The molecule has 0 spiro atoms. The standard InChI is InChI=1S/C11H12F2N2O/c1-6-3-10(16)15(2)9-5-7(12)4-8(13)11(9)14-6/h4-6,14H,3H2,1-2H3. The van der Waals surface area contributed by atoms with E-state index in [-0.39, 0.29) is 29.7 Å². The van der Waals surface area contributed by atoms with Crippen molar-refractivity contribution in [3.63, 3.8) is 0 Å². The fourth-order valence-electron chi connectivity index (χ4n) is 1.80. The van der Waals surface area contributed by atoms with Crippen molar-refractivity contribution in [3.8, 4) is 0 Å². The van der Waals surface area contributed by atoms with Gasteiger partial charge in [0, 0.05) is 25.6 Å². The maximum Gasteiger partial charge on any atom is 0.228 e. The molecule has 1 aromatic carbocycles. The average molecular weight is 226 g/mol. The van der Waals surface area contributed by atoms with E-state index in [1.165, 1.54) is 11.9 Å². The lowest BCUT2D eigenvalue weighted by Gasteiger charge is -2.17. The van der Waals surface area contributed by atoms with Crippen LogP contribution >= 0.6 is 0 Å². The van der Waals surface area contributed by atoms with Crippen LogP contribution in [0.15, 0.2) is 12.1 Å². The summed E-state index contributed by atoms with van der Waals surface area (Å²) in [7, 11) is 1.51. The fourth-order valence-corrected chi connectivity index (χ4v) is 1.80. The van der Waals surface area contributed by atoms with E-state index in [1.54, 1.807) is 6.92 Å². The van der Waals surface area contributed by atoms with Crippen molar-refractivity contribution in [2.45, 2.75) is 19.4 Å². The summed E-state index contributed by atoms with van der Waals surface area (Å²) in [4.78, 5) is 12.9. The van der Waals surface area contributed by atoms with Crippen LogP contribution in [0.25, 0.3) is 0 Å². The highest BCUT2D eigenvalue weighted by atomic mass is 19.1. The summed E-state index contributed by atoms with van der Waals surface area (Å²) in [6, 6.07) is 1.79. The van der Waals surface area contributed by atoms with Crippen molar-refractivity contribution in [3.05, 3.63) is 23.8 Å². The number of anilines is 2. The second kappa shape index (κ2) is 3.73. The number of hydrogen-bond donors (Lipinski definition) is 1. The predicted octanol–water partition coefficient (Wildman–Crippen LogP) is 2.13. The molecule has 1 aliphatic rings. The van der Waals surface area contributed by atoms with E-state index in [0.29, 0.717) is 0 Å². The topological polar surface area (TPSA) is 32.3 Å². The van der Waals surface area contributed by atoms with Gasteiger partial charge >= 0.3 is 0 Å². The molecule has 0 fully saturated rings. The molecule has 0 aromatic heterocycles. The smallest absolute Gasteiger partial charge is 0.228 e. The van der Waals surface area contributed by atoms with Gasteiger partial charge in [0.2, 0.25) is 5.91 Å². The molecule has 0 bridgehead atoms. The van der Waals surface area contributed by atoms with E-state index in [1.807, 2.05) is 0 Å². The first-order chi connectivity index (χ1) is 7.49. The predicted molar refractivity (Wildman–Crippen MR) is 57.5 cm³/mol. The molecule has 2 rings (SSSR count). The number of fused-ring (bicyclic) bond motifs is 1. The van der Waals surface area contributed by atoms with Crippen LogP contribution in [0.5, 0.6) is 0 Å². The molecule has 5 heteroatoms. The van der Waals surface area contributed by atoms with Crippen molar-refractivity contribution >= 4 is 17.3 Å². The van der Waals surface area contributed by atoms with Crippen molar-refractivity contribution in [1.82, 2.24) is 0 Å². The van der Waals surface area contributed by atoms with Crippen LogP contribution < -0.4 is 10.2 Å². The monoisotopic (exact) mass is 226 g/mol. The van der Waals surface area contributed by atoms with Gasteiger partial charge in [0.1, 0.15) is 5.82 Å². The number of amides is 1. The molecular weight excluding hydrogens is 214 g/mol. The Labute approximate surface area is 92.1 Å². The Hall–Kier alpha value is -1.65. The summed E-state index contributed by atoms with van der Waals surface area (Å²) in [6.45, 7) is 1.78. The first-order valence-electron chi connectivity index (χ1n) is 5.01. The van der Waals surface area contributed by atoms with E-state index in [0.717, 1.165) is 12.1 Å². The van der Waals surface area contributed by atoms with Gasteiger partial charge in [0.25, 0.3) is 0 Å². The third-order valence-corrected chi connectivity index (χ3v) is 2.64. The molecule has 0 saturated carbocycles. The van der Waals surface area contributed by atoms with Crippen LogP contribution in [-0.2, 0) is 4.79 Å². The molecule has 0 saturated heterocycles. The highest BCUT2D eigenvalue weighted by Crippen LogP contribution is 2.32. The number of nitrogens with one attached hydrogen (secondary N) is 1. The van der Waals surface area contributed by atoms with E-state index < -0.39 is 11.6 Å². The minimum absolute atomic E-state index is 0.163. The lowest BCUT2D eigenvalue weighted by atomic mass is 10.2. The number of hydrogen-bond acceptors (Lipinski definition) is 2. The van der Waals surface area contributed by atoms with Gasteiger partial charge in [-0.05, 0) is 13.0 Å². The van der Waals surface area contributed by atoms with Crippen molar-refractivity contribution < 1.29 is 13.6 Å². The Morgan fingerprint density at radius 3 is 2.81 bits per heavy atom. The van der Waals surface area contributed by atoms with E-state index in [4.69, 9.17) is 0 Å². The zero-order valence-electron chi connectivity index (χ0n) is 9.05. The summed E-state index contributed by atoms with van der Waals surface area (Å²) in [5.74, 6) is -1.53. The summed E-state index contributed by atoms with van der Waals surface area (Å²) >= 11 is 0. The first kappa shape index (κ1) is 10.9. The normalized spacial score (nSPS) is 20.1. The SMILES string of the molecule is CC1CC(=O)N(C)c2cc(F)cc(F)c2N1. The molecule has 1 heterocycles. The molecule has 1 aliphatic heterocycles. The third-order valence-electron chi connectivity index (χ3n) is 2.64. The van der Waals surface area contributed by atoms with Gasteiger partial charge in [-0.1, -0.05) is 0 Å². The molecule has 1 unspecified atom stereocenters.